The van der Waals surface area contributed by atoms with Crippen LogP contribution >= 0.6 is 11.3 Å². The van der Waals surface area contributed by atoms with E-state index in [2.05, 4.69) is 39.1 Å². The Bertz CT molecular complexity index is 548. The fraction of sp³-hybridized carbons (Fsp3) is 0.545. The number of aryl methyl sites for hydroxylation is 1. The number of hydrogen-bond acceptors (Lipinski definition) is 4. The summed E-state index contributed by atoms with van der Waals surface area (Å²) < 4.78 is 0. The molecular weight excluding hydrogens is 342 g/mol. The van der Waals surface area contributed by atoms with Gasteiger partial charge in [-0.2, -0.15) is 11.3 Å². The Morgan fingerprint density at radius 1 is 0.846 bits per heavy atom. The summed E-state index contributed by atoms with van der Waals surface area (Å²) in [6.45, 7) is 2.29. The van der Waals surface area contributed by atoms with E-state index < -0.39 is 0 Å². The molecule has 2 aromatic rings. The monoisotopic (exact) mass is 375 g/mol. The zero-order chi connectivity index (χ0) is 18.3. The van der Waals surface area contributed by atoms with Gasteiger partial charge in [-0.15, -0.1) is 0 Å². The molecule has 0 amide bonds. The summed E-state index contributed by atoms with van der Waals surface area (Å²) in [5, 5.41) is 4.47. The van der Waals surface area contributed by atoms with E-state index in [0.29, 0.717) is 0 Å². The lowest BCUT2D eigenvalue weighted by atomic mass is 10.0. The van der Waals surface area contributed by atoms with Crippen molar-refractivity contribution in [1.82, 2.24) is 0 Å². The van der Waals surface area contributed by atoms with Crippen molar-refractivity contribution < 1.29 is 9.88 Å². The maximum Gasteiger partial charge on any atom is 0.193 e. The van der Waals surface area contributed by atoms with Crippen LogP contribution in [0.4, 0.5) is 5.69 Å². The molecule has 0 aliphatic carbocycles. The fourth-order valence-electron chi connectivity index (χ4n) is 2.99. The first-order chi connectivity index (χ1) is 12.9. The zero-order valence-corrected chi connectivity index (χ0v) is 16.9. The van der Waals surface area contributed by atoms with E-state index >= 15 is 0 Å². The summed E-state index contributed by atoms with van der Waals surface area (Å²) in [5.41, 5.74) is 4.99. The van der Waals surface area contributed by atoms with Crippen LogP contribution in [0.2, 0.25) is 0 Å². The van der Waals surface area contributed by atoms with Crippen LogP contribution in [0.25, 0.3) is 0 Å². The number of hydrogen-bond donors (Lipinski definition) is 1. The maximum atomic E-state index is 4.69. The Morgan fingerprint density at radius 2 is 1.54 bits per heavy atom. The largest absolute Gasteiger partial charge is 0.312 e. The van der Waals surface area contributed by atoms with E-state index in [0.717, 1.165) is 11.4 Å². The minimum atomic E-state index is 0.734. The second kappa shape index (κ2) is 13.7. The molecule has 3 nitrogen and oxygen atoms in total. The Labute approximate surface area is 162 Å². The first-order valence-electron chi connectivity index (χ1n) is 10.1. The molecule has 144 valence electrons. The molecule has 1 N–H and O–H groups in total. The molecule has 0 saturated heterocycles. The highest BCUT2D eigenvalue weighted by molar-refractivity contribution is 7.07. The molecule has 0 saturated carbocycles. The molecule has 1 aromatic carbocycles. The molecular formula is C22H33NO2S. The molecule has 0 radical (unpaired) electrons. The normalized spacial score (nSPS) is 11.9. The number of unbranched alkanes of at least 4 members (excludes halogenated alkanes) is 9. The smallest absolute Gasteiger partial charge is 0.193 e. The standard InChI is InChI=1S/C16H28S.C6H5NO2/c1-2-3-4-5-6-7-8-9-10-11-12-16-13-14-17-15-16;1-2-4-6-5(3-1)7-9-8-6/h13-15H,2-12H2,1H3;1-4,7H. The maximum absolute atomic E-state index is 4.69. The van der Waals surface area contributed by atoms with E-state index in [9.17, 15) is 0 Å². The van der Waals surface area contributed by atoms with Crippen LogP contribution in [0.1, 0.15) is 76.7 Å². The molecule has 0 atom stereocenters. The van der Waals surface area contributed by atoms with Crippen molar-refractivity contribution >= 4 is 17.0 Å². The summed E-state index contributed by atoms with van der Waals surface area (Å²) in [6.07, 6.45) is 15.6. The van der Waals surface area contributed by atoms with Crippen molar-refractivity contribution in [2.45, 2.75) is 77.6 Å². The SMILES string of the molecule is CCCCCCCCCCCCc1ccsc1.c1ccc2c(c1)NOO2. The number of benzene rings is 1. The van der Waals surface area contributed by atoms with Crippen molar-refractivity contribution in [3.63, 3.8) is 0 Å². The molecule has 0 spiro atoms. The quantitative estimate of drug-likeness (QED) is 0.325. The van der Waals surface area contributed by atoms with E-state index in [1.165, 1.54) is 76.2 Å². The summed E-state index contributed by atoms with van der Waals surface area (Å²) in [5.74, 6) is 0.734. The van der Waals surface area contributed by atoms with Gasteiger partial charge in [0.1, 0.15) is 5.69 Å². The third kappa shape index (κ3) is 8.72. The Morgan fingerprint density at radius 3 is 2.19 bits per heavy atom. The highest BCUT2D eigenvalue weighted by atomic mass is 32.1. The highest BCUT2D eigenvalue weighted by Crippen LogP contribution is 2.27. The van der Waals surface area contributed by atoms with E-state index in [1.54, 1.807) is 0 Å². The van der Waals surface area contributed by atoms with Crippen LogP contribution in [0.15, 0.2) is 41.1 Å². The summed E-state index contributed by atoms with van der Waals surface area (Å²) in [6, 6.07) is 9.76. The van der Waals surface area contributed by atoms with Gasteiger partial charge in [-0.05, 0) is 47.4 Å². The zero-order valence-electron chi connectivity index (χ0n) is 16.0. The predicted octanol–water partition coefficient (Wildman–Crippen LogP) is 7.55. The van der Waals surface area contributed by atoms with Gasteiger partial charge in [-0.25, -0.2) is 5.48 Å². The number of anilines is 1. The van der Waals surface area contributed by atoms with Crippen molar-refractivity contribution in [3.8, 4) is 5.75 Å². The topological polar surface area (TPSA) is 30.5 Å². The molecule has 0 unspecified atom stereocenters. The molecule has 1 aliphatic rings. The predicted molar refractivity (Wildman–Crippen MR) is 112 cm³/mol. The molecule has 2 heterocycles. The number of para-hydroxylation sites is 2. The molecule has 1 aliphatic heterocycles. The van der Waals surface area contributed by atoms with Gasteiger partial charge in [0.2, 0.25) is 0 Å². The van der Waals surface area contributed by atoms with Crippen LogP contribution in [-0.2, 0) is 11.4 Å². The van der Waals surface area contributed by atoms with E-state index in [-0.39, 0.29) is 0 Å². The lowest BCUT2D eigenvalue weighted by Crippen LogP contribution is -1.91. The van der Waals surface area contributed by atoms with Gasteiger partial charge < -0.3 is 4.89 Å². The van der Waals surface area contributed by atoms with Crippen molar-refractivity contribution in [2.24, 2.45) is 0 Å². The van der Waals surface area contributed by atoms with Gasteiger partial charge in [-0.1, -0.05) is 81.8 Å². The van der Waals surface area contributed by atoms with Crippen molar-refractivity contribution in [1.29, 1.82) is 0 Å². The molecule has 4 heteroatoms. The van der Waals surface area contributed by atoms with E-state index in [4.69, 9.17) is 0 Å². The average Bonchev–Trinajstić information content (AvgIpc) is 3.35. The number of nitrogens with one attached hydrogen (secondary N) is 1. The number of rotatable bonds is 11. The highest BCUT2D eigenvalue weighted by Gasteiger charge is 2.09. The number of fused-ring (bicyclic) bond motifs is 1. The third-order valence-electron chi connectivity index (χ3n) is 4.57. The summed E-state index contributed by atoms with van der Waals surface area (Å²) in [7, 11) is 0. The minimum Gasteiger partial charge on any atom is -0.312 e. The fourth-order valence-corrected chi connectivity index (χ4v) is 3.69. The second-order valence-electron chi connectivity index (χ2n) is 6.83. The lowest BCUT2D eigenvalue weighted by molar-refractivity contribution is -0.160. The minimum absolute atomic E-state index is 0.734. The average molecular weight is 376 g/mol. The van der Waals surface area contributed by atoms with Gasteiger partial charge in [0.25, 0.3) is 0 Å². The van der Waals surface area contributed by atoms with E-state index in [1.807, 2.05) is 35.6 Å². The van der Waals surface area contributed by atoms with Gasteiger partial charge in [-0.3, -0.25) is 0 Å². The van der Waals surface area contributed by atoms with Gasteiger partial charge >= 0.3 is 0 Å². The first kappa shape index (κ1) is 20.8. The number of thiophene rings is 1. The summed E-state index contributed by atoms with van der Waals surface area (Å²) >= 11 is 1.82. The second-order valence-corrected chi connectivity index (χ2v) is 7.61. The molecule has 26 heavy (non-hydrogen) atoms. The van der Waals surface area contributed by atoms with Gasteiger partial charge in [0, 0.05) is 0 Å². The Hall–Kier alpha value is -1.52. The Kier molecular flexibility index (Phi) is 10.9. The van der Waals surface area contributed by atoms with Crippen LogP contribution in [-0.4, -0.2) is 0 Å². The first-order valence-corrected chi connectivity index (χ1v) is 11.0. The Balaban J connectivity index is 0.000000223. The van der Waals surface area contributed by atoms with Crippen LogP contribution < -0.4 is 10.4 Å². The molecule has 1 aromatic heterocycles. The molecule has 3 rings (SSSR count). The third-order valence-corrected chi connectivity index (χ3v) is 5.30. The molecule has 0 fully saturated rings. The van der Waals surface area contributed by atoms with Crippen molar-refractivity contribution in [2.75, 3.05) is 5.48 Å². The van der Waals surface area contributed by atoms with Crippen LogP contribution in [0.3, 0.4) is 0 Å². The summed E-state index contributed by atoms with van der Waals surface area (Å²) in [4.78, 5) is 9.15. The molecule has 0 bridgehead atoms. The lowest BCUT2D eigenvalue weighted by Gasteiger charge is -2.01. The van der Waals surface area contributed by atoms with Crippen LogP contribution in [0, 0.1) is 0 Å². The van der Waals surface area contributed by atoms with Gasteiger partial charge in [0.05, 0.1) is 0 Å². The van der Waals surface area contributed by atoms with Crippen LogP contribution in [0.5, 0.6) is 5.75 Å². The van der Waals surface area contributed by atoms with Gasteiger partial charge in [0.15, 0.2) is 5.75 Å². The van der Waals surface area contributed by atoms with Crippen molar-refractivity contribution in [3.05, 3.63) is 46.7 Å².